The van der Waals surface area contributed by atoms with E-state index in [1.54, 1.807) is 27.7 Å². The lowest BCUT2D eigenvalue weighted by Crippen LogP contribution is -2.49. The van der Waals surface area contributed by atoms with Gasteiger partial charge in [-0.25, -0.2) is 4.79 Å². The number of aliphatic carboxylic acids is 1. The first-order valence-electron chi connectivity index (χ1n) is 8.41. The zero-order chi connectivity index (χ0) is 20.1. The molecule has 7 heteroatoms. The van der Waals surface area contributed by atoms with Crippen LogP contribution in [0.25, 0.3) is 0 Å². The van der Waals surface area contributed by atoms with Crippen molar-refractivity contribution in [2.24, 2.45) is 10.8 Å². The highest BCUT2D eigenvalue weighted by Crippen LogP contribution is 2.33. The van der Waals surface area contributed by atoms with Gasteiger partial charge in [0.15, 0.2) is 0 Å². The zero-order valence-corrected chi connectivity index (χ0v) is 16.4. The van der Waals surface area contributed by atoms with Gasteiger partial charge in [0.25, 0.3) is 0 Å². The number of hydrogen-bond acceptors (Lipinski definition) is 4. The lowest BCUT2D eigenvalue weighted by atomic mass is 9.75. The number of rotatable bonds is 9. The average Bonchev–Trinajstić information content (AvgIpc) is 2.39. The van der Waals surface area contributed by atoms with Crippen LogP contribution in [0.15, 0.2) is 0 Å². The molecule has 1 unspecified atom stereocenters. The summed E-state index contributed by atoms with van der Waals surface area (Å²) in [6, 6.07) is -1.16. The second-order valence-electron chi connectivity index (χ2n) is 8.91. The molecule has 0 aliphatic carbocycles. The number of aldehydes is 1. The minimum Gasteiger partial charge on any atom is -0.480 e. The Morgan fingerprint density at radius 3 is 1.96 bits per heavy atom. The summed E-state index contributed by atoms with van der Waals surface area (Å²) in [5.74, 6) is -1.99. The van der Waals surface area contributed by atoms with Crippen LogP contribution in [0.5, 0.6) is 0 Å². The van der Waals surface area contributed by atoms with Crippen molar-refractivity contribution in [2.75, 3.05) is 0 Å². The summed E-state index contributed by atoms with van der Waals surface area (Å²) in [7, 11) is 0. The molecule has 0 aliphatic rings. The predicted molar refractivity (Wildman–Crippen MR) is 94.9 cm³/mol. The molecule has 0 bridgehead atoms. The highest BCUT2D eigenvalue weighted by atomic mass is 16.4. The van der Waals surface area contributed by atoms with Crippen LogP contribution in [0.4, 0.5) is 0 Å². The third kappa shape index (κ3) is 9.22. The molecule has 0 rings (SSSR count). The van der Waals surface area contributed by atoms with Gasteiger partial charge in [-0.05, 0) is 32.1 Å². The summed E-state index contributed by atoms with van der Waals surface area (Å²) in [6.07, 6.45) is 1.05. The molecular weight excluding hydrogens is 324 g/mol. The summed E-state index contributed by atoms with van der Waals surface area (Å²) in [5.41, 5.74) is -1.82. The lowest BCUT2D eigenvalue weighted by Gasteiger charge is -2.32. The molecule has 0 saturated heterocycles. The van der Waals surface area contributed by atoms with Crippen LogP contribution in [0.1, 0.15) is 67.7 Å². The number of nitrogens with one attached hydrogen (secondary N) is 2. The minimum absolute atomic E-state index is 0.0482. The van der Waals surface area contributed by atoms with Crippen LogP contribution >= 0.6 is 0 Å². The SMILES string of the molecule is CC(C)(C)CC(C)(C)C(=O)NC(CCC(=O)NC(C)(C)C=O)C(=O)O. The molecule has 0 aromatic heterocycles. The fourth-order valence-electron chi connectivity index (χ4n) is 2.74. The maximum absolute atomic E-state index is 12.5. The monoisotopic (exact) mass is 356 g/mol. The van der Waals surface area contributed by atoms with Gasteiger partial charge in [-0.3, -0.25) is 9.59 Å². The van der Waals surface area contributed by atoms with E-state index < -0.39 is 28.9 Å². The first-order chi connectivity index (χ1) is 11.1. The van der Waals surface area contributed by atoms with Gasteiger partial charge in [-0.15, -0.1) is 0 Å². The molecule has 0 heterocycles. The van der Waals surface area contributed by atoms with Crippen LogP contribution in [0.3, 0.4) is 0 Å². The van der Waals surface area contributed by atoms with Gasteiger partial charge in [0.1, 0.15) is 12.3 Å². The van der Waals surface area contributed by atoms with E-state index in [1.807, 2.05) is 20.8 Å². The van der Waals surface area contributed by atoms with Crippen molar-refractivity contribution in [2.45, 2.75) is 79.3 Å². The highest BCUT2D eigenvalue weighted by Gasteiger charge is 2.35. The lowest BCUT2D eigenvalue weighted by molar-refractivity contribution is -0.144. The summed E-state index contributed by atoms with van der Waals surface area (Å²) < 4.78 is 0. The van der Waals surface area contributed by atoms with E-state index in [2.05, 4.69) is 10.6 Å². The quantitative estimate of drug-likeness (QED) is 0.546. The van der Waals surface area contributed by atoms with Gasteiger partial charge in [-0.1, -0.05) is 34.6 Å². The summed E-state index contributed by atoms with van der Waals surface area (Å²) in [6.45, 7) is 12.7. The topological polar surface area (TPSA) is 113 Å². The van der Waals surface area contributed by atoms with E-state index in [0.717, 1.165) is 0 Å². The Morgan fingerprint density at radius 2 is 1.56 bits per heavy atom. The Balaban J connectivity index is 4.82. The second kappa shape index (κ2) is 8.45. The molecule has 0 saturated carbocycles. The van der Waals surface area contributed by atoms with E-state index in [4.69, 9.17) is 0 Å². The molecule has 7 nitrogen and oxygen atoms in total. The molecule has 0 fully saturated rings. The summed E-state index contributed by atoms with van der Waals surface area (Å²) in [4.78, 5) is 46.5. The van der Waals surface area contributed by atoms with Crippen LogP contribution in [-0.4, -0.2) is 40.8 Å². The Morgan fingerprint density at radius 1 is 1.04 bits per heavy atom. The fourth-order valence-corrected chi connectivity index (χ4v) is 2.74. The van der Waals surface area contributed by atoms with Crippen LogP contribution in [0.2, 0.25) is 0 Å². The van der Waals surface area contributed by atoms with Crippen LogP contribution in [0, 0.1) is 10.8 Å². The summed E-state index contributed by atoms with van der Waals surface area (Å²) in [5, 5.41) is 14.3. The van der Waals surface area contributed by atoms with Gasteiger partial charge in [-0.2, -0.15) is 0 Å². The zero-order valence-electron chi connectivity index (χ0n) is 16.4. The van der Waals surface area contributed by atoms with E-state index >= 15 is 0 Å². The molecule has 0 aromatic carbocycles. The molecule has 2 amide bonds. The van der Waals surface area contributed by atoms with Crippen molar-refractivity contribution in [1.82, 2.24) is 10.6 Å². The van der Waals surface area contributed by atoms with Crippen LogP contribution < -0.4 is 10.6 Å². The van der Waals surface area contributed by atoms with Gasteiger partial charge >= 0.3 is 5.97 Å². The number of amides is 2. The maximum atomic E-state index is 12.5. The molecular formula is C18H32N2O5. The predicted octanol–water partition coefficient (Wildman–Crippen LogP) is 1.89. The van der Waals surface area contributed by atoms with Crippen molar-refractivity contribution < 1.29 is 24.3 Å². The first kappa shape index (κ1) is 23.1. The third-order valence-corrected chi connectivity index (χ3v) is 3.61. The largest absolute Gasteiger partial charge is 0.480 e. The van der Waals surface area contributed by atoms with Crippen LogP contribution in [-0.2, 0) is 19.2 Å². The number of carboxylic acid groups (broad SMARTS) is 1. The maximum Gasteiger partial charge on any atom is 0.326 e. The van der Waals surface area contributed by atoms with E-state index in [1.165, 1.54) is 0 Å². The van der Waals surface area contributed by atoms with E-state index in [-0.39, 0.29) is 24.2 Å². The molecule has 144 valence electrons. The average molecular weight is 356 g/mol. The molecule has 0 radical (unpaired) electrons. The number of carboxylic acids is 1. The number of carbonyl (C=O) groups excluding carboxylic acids is 3. The van der Waals surface area contributed by atoms with Crippen molar-refractivity contribution in [1.29, 1.82) is 0 Å². The Hall–Kier alpha value is -1.92. The summed E-state index contributed by atoms with van der Waals surface area (Å²) >= 11 is 0. The number of hydrogen-bond donors (Lipinski definition) is 3. The molecule has 1 atom stereocenters. The van der Waals surface area contributed by atoms with E-state index in [0.29, 0.717) is 12.7 Å². The standard InChI is InChI=1S/C18H32N2O5/c1-16(2,3)10-17(4,5)15(25)19-12(14(23)24)8-9-13(22)20-18(6,7)11-21/h11-12H,8-10H2,1-7H3,(H,19,25)(H,20,22)(H,23,24). The Labute approximate surface area is 149 Å². The fraction of sp³-hybridized carbons (Fsp3) is 0.778. The van der Waals surface area contributed by atoms with Gasteiger partial charge in [0.05, 0.1) is 5.54 Å². The molecule has 25 heavy (non-hydrogen) atoms. The first-order valence-corrected chi connectivity index (χ1v) is 8.41. The van der Waals surface area contributed by atoms with E-state index in [9.17, 15) is 24.3 Å². The molecule has 0 aromatic rings. The van der Waals surface area contributed by atoms with Crippen molar-refractivity contribution >= 4 is 24.1 Å². The third-order valence-electron chi connectivity index (χ3n) is 3.61. The van der Waals surface area contributed by atoms with Gasteiger partial charge < -0.3 is 20.5 Å². The minimum atomic E-state index is -1.19. The van der Waals surface area contributed by atoms with Crippen molar-refractivity contribution in [3.05, 3.63) is 0 Å². The second-order valence-corrected chi connectivity index (χ2v) is 8.91. The molecule has 0 aliphatic heterocycles. The molecule has 0 spiro atoms. The van der Waals surface area contributed by atoms with Crippen molar-refractivity contribution in [3.63, 3.8) is 0 Å². The van der Waals surface area contributed by atoms with Gasteiger partial charge in [0.2, 0.25) is 11.8 Å². The Bertz CT molecular complexity index is 518. The Kier molecular flexibility index (Phi) is 7.80. The van der Waals surface area contributed by atoms with Gasteiger partial charge in [0, 0.05) is 11.8 Å². The molecule has 3 N–H and O–H groups in total. The highest BCUT2D eigenvalue weighted by molar-refractivity contribution is 5.87. The smallest absolute Gasteiger partial charge is 0.326 e. The number of carbonyl (C=O) groups is 4. The van der Waals surface area contributed by atoms with Crippen molar-refractivity contribution in [3.8, 4) is 0 Å². The normalized spacial score (nSPS) is 13.7.